The maximum Gasteiger partial charge on any atom is 0.279 e. The van der Waals surface area contributed by atoms with E-state index in [1.54, 1.807) is 14.2 Å². The zero-order chi connectivity index (χ0) is 16.2. The first kappa shape index (κ1) is 15.2. The van der Waals surface area contributed by atoms with Crippen molar-refractivity contribution in [3.8, 4) is 11.5 Å². The zero-order valence-corrected chi connectivity index (χ0v) is 13.6. The average Bonchev–Trinajstić information content (AvgIpc) is 3.03. The number of carbonyl (C=O) groups excluding carboxylic acids is 1. The monoisotopic (exact) mass is 328 g/mol. The van der Waals surface area contributed by atoms with Gasteiger partial charge < -0.3 is 9.47 Å². The standard InChI is InChI=1S/C17H16N2O3S/c1-21-12-7-8-15-11(9-12)10-16(23-15)17(20)19-18-13-5-3-4-6-14(13)22-2/h3-10,18H,1-2H3,(H,19,20). The summed E-state index contributed by atoms with van der Waals surface area (Å²) in [4.78, 5) is 12.9. The van der Waals surface area contributed by atoms with Crippen LogP contribution >= 0.6 is 11.3 Å². The van der Waals surface area contributed by atoms with Gasteiger partial charge >= 0.3 is 0 Å². The summed E-state index contributed by atoms with van der Waals surface area (Å²) < 4.78 is 11.5. The normalized spacial score (nSPS) is 10.3. The zero-order valence-electron chi connectivity index (χ0n) is 12.8. The van der Waals surface area contributed by atoms with Crippen molar-refractivity contribution in [2.75, 3.05) is 19.6 Å². The van der Waals surface area contributed by atoms with Crippen LogP contribution in [0.3, 0.4) is 0 Å². The number of hydrogen-bond donors (Lipinski definition) is 2. The van der Waals surface area contributed by atoms with E-state index in [2.05, 4.69) is 10.9 Å². The smallest absolute Gasteiger partial charge is 0.279 e. The number of nitrogens with one attached hydrogen (secondary N) is 2. The topological polar surface area (TPSA) is 59.6 Å². The lowest BCUT2D eigenvalue weighted by Gasteiger charge is -2.11. The third-order valence-electron chi connectivity index (χ3n) is 3.36. The first-order valence-electron chi connectivity index (χ1n) is 6.98. The number of amides is 1. The van der Waals surface area contributed by atoms with E-state index in [9.17, 15) is 4.79 Å². The van der Waals surface area contributed by atoms with E-state index in [0.717, 1.165) is 15.8 Å². The van der Waals surface area contributed by atoms with Crippen molar-refractivity contribution in [1.82, 2.24) is 5.43 Å². The summed E-state index contributed by atoms with van der Waals surface area (Å²) in [7, 11) is 3.21. The molecule has 1 aromatic heterocycles. The van der Waals surface area contributed by atoms with E-state index < -0.39 is 0 Å². The molecule has 6 heteroatoms. The molecule has 0 radical (unpaired) electrons. The van der Waals surface area contributed by atoms with Gasteiger partial charge in [-0.1, -0.05) is 12.1 Å². The van der Waals surface area contributed by atoms with Gasteiger partial charge in [-0.3, -0.25) is 15.6 Å². The number of carbonyl (C=O) groups is 1. The van der Waals surface area contributed by atoms with Crippen LogP contribution in [0, 0.1) is 0 Å². The minimum absolute atomic E-state index is 0.198. The number of fused-ring (bicyclic) bond motifs is 1. The predicted octanol–water partition coefficient (Wildman–Crippen LogP) is 3.68. The van der Waals surface area contributed by atoms with Crippen LogP contribution in [-0.4, -0.2) is 20.1 Å². The SMILES string of the molecule is COc1ccc2sc(C(=O)NNc3ccccc3OC)cc2c1. The van der Waals surface area contributed by atoms with Crippen LogP contribution in [0.25, 0.3) is 10.1 Å². The van der Waals surface area contributed by atoms with E-state index in [4.69, 9.17) is 9.47 Å². The van der Waals surface area contributed by atoms with Crippen molar-refractivity contribution in [2.45, 2.75) is 0 Å². The third kappa shape index (κ3) is 3.22. The molecule has 0 aliphatic carbocycles. The van der Waals surface area contributed by atoms with Gasteiger partial charge in [0, 0.05) is 4.70 Å². The highest BCUT2D eigenvalue weighted by molar-refractivity contribution is 7.20. The molecular weight excluding hydrogens is 312 g/mol. The van der Waals surface area contributed by atoms with E-state index in [-0.39, 0.29) is 5.91 Å². The number of thiophene rings is 1. The summed E-state index contributed by atoms with van der Waals surface area (Å²) in [5, 5.41) is 0.983. The molecule has 0 saturated carbocycles. The second-order valence-electron chi connectivity index (χ2n) is 4.79. The van der Waals surface area contributed by atoms with Gasteiger partial charge in [0.05, 0.1) is 24.8 Å². The molecule has 3 rings (SSSR count). The predicted molar refractivity (Wildman–Crippen MR) is 92.5 cm³/mol. The summed E-state index contributed by atoms with van der Waals surface area (Å²) in [5.74, 6) is 1.24. The van der Waals surface area contributed by atoms with E-state index in [1.807, 2.05) is 48.5 Å². The average molecular weight is 328 g/mol. The van der Waals surface area contributed by atoms with Gasteiger partial charge in [0.1, 0.15) is 11.5 Å². The molecule has 0 fully saturated rings. The molecule has 0 aliphatic heterocycles. The Morgan fingerprint density at radius 3 is 2.65 bits per heavy atom. The summed E-state index contributed by atoms with van der Waals surface area (Å²) in [6.07, 6.45) is 0. The molecule has 3 aromatic rings. The lowest BCUT2D eigenvalue weighted by Crippen LogP contribution is -2.28. The van der Waals surface area contributed by atoms with Crippen molar-refractivity contribution in [3.05, 3.63) is 53.4 Å². The number of anilines is 1. The third-order valence-corrected chi connectivity index (χ3v) is 4.48. The Morgan fingerprint density at radius 2 is 1.87 bits per heavy atom. The number of methoxy groups -OCH3 is 2. The van der Waals surface area contributed by atoms with Crippen molar-refractivity contribution in [3.63, 3.8) is 0 Å². The van der Waals surface area contributed by atoms with E-state index in [0.29, 0.717) is 16.3 Å². The van der Waals surface area contributed by atoms with Crippen LogP contribution in [0.2, 0.25) is 0 Å². The lowest BCUT2D eigenvalue weighted by molar-refractivity contribution is 0.0966. The molecule has 1 heterocycles. The molecule has 0 unspecified atom stereocenters. The van der Waals surface area contributed by atoms with Crippen molar-refractivity contribution in [1.29, 1.82) is 0 Å². The highest BCUT2D eigenvalue weighted by Crippen LogP contribution is 2.29. The summed E-state index contributed by atoms with van der Waals surface area (Å²) in [5.41, 5.74) is 6.28. The Labute approximate surface area is 137 Å². The van der Waals surface area contributed by atoms with E-state index >= 15 is 0 Å². The fraction of sp³-hybridized carbons (Fsp3) is 0.118. The minimum Gasteiger partial charge on any atom is -0.497 e. The van der Waals surface area contributed by atoms with Crippen LogP contribution in [-0.2, 0) is 0 Å². The molecule has 2 aromatic carbocycles. The highest BCUT2D eigenvalue weighted by Gasteiger charge is 2.11. The van der Waals surface area contributed by atoms with Gasteiger partial charge in [-0.15, -0.1) is 11.3 Å². The van der Waals surface area contributed by atoms with Gasteiger partial charge in [0.15, 0.2) is 0 Å². The summed E-state index contributed by atoms with van der Waals surface area (Å²) in [6, 6.07) is 15.0. The van der Waals surface area contributed by atoms with Gasteiger partial charge in [-0.25, -0.2) is 0 Å². The number of rotatable bonds is 5. The van der Waals surface area contributed by atoms with Crippen molar-refractivity contribution >= 4 is 33.0 Å². The molecule has 0 aliphatic rings. The molecule has 0 saturated heterocycles. The Balaban J connectivity index is 1.75. The highest BCUT2D eigenvalue weighted by atomic mass is 32.1. The second-order valence-corrected chi connectivity index (χ2v) is 5.88. The van der Waals surface area contributed by atoms with E-state index in [1.165, 1.54) is 11.3 Å². The molecular formula is C17H16N2O3S. The molecule has 0 spiro atoms. The van der Waals surface area contributed by atoms with Gasteiger partial charge in [-0.05, 0) is 41.8 Å². The van der Waals surface area contributed by atoms with Crippen molar-refractivity contribution in [2.24, 2.45) is 0 Å². The Kier molecular flexibility index (Phi) is 4.34. The van der Waals surface area contributed by atoms with Crippen LogP contribution in [0.15, 0.2) is 48.5 Å². The maximum atomic E-state index is 12.3. The van der Waals surface area contributed by atoms with Crippen LogP contribution in [0.5, 0.6) is 11.5 Å². The molecule has 0 bridgehead atoms. The van der Waals surface area contributed by atoms with Gasteiger partial charge in [0.2, 0.25) is 0 Å². The molecule has 23 heavy (non-hydrogen) atoms. The fourth-order valence-corrected chi connectivity index (χ4v) is 3.13. The van der Waals surface area contributed by atoms with Crippen LogP contribution in [0.1, 0.15) is 9.67 Å². The Morgan fingerprint density at radius 1 is 1.04 bits per heavy atom. The fourth-order valence-electron chi connectivity index (χ4n) is 2.19. The number of hydrogen-bond acceptors (Lipinski definition) is 5. The van der Waals surface area contributed by atoms with Gasteiger partial charge in [-0.2, -0.15) is 0 Å². The lowest BCUT2D eigenvalue weighted by atomic mass is 10.2. The second kappa shape index (κ2) is 6.58. The molecule has 1 amide bonds. The first-order valence-corrected chi connectivity index (χ1v) is 7.80. The van der Waals surface area contributed by atoms with Gasteiger partial charge in [0.25, 0.3) is 5.91 Å². The van der Waals surface area contributed by atoms with Crippen LogP contribution in [0.4, 0.5) is 5.69 Å². The molecule has 2 N–H and O–H groups in total. The maximum absolute atomic E-state index is 12.3. The first-order chi connectivity index (χ1) is 11.2. The largest absolute Gasteiger partial charge is 0.497 e. The Hall–Kier alpha value is -2.73. The quantitative estimate of drug-likeness (QED) is 0.702. The minimum atomic E-state index is -0.198. The van der Waals surface area contributed by atoms with Crippen LogP contribution < -0.4 is 20.3 Å². The number of para-hydroxylation sites is 2. The van der Waals surface area contributed by atoms with Crippen molar-refractivity contribution < 1.29 is 14.3 Å². The number of benzene rings is 2. The molecule has 118 valence electrons. The Bertz CT molecular complexity index is 845. The summed E-state index contributed by atoms with van der Waals surface area (Å²) >= 11 is 1.43. The number of hydrazine groups is 1. The number of ether oxygens (including phenoxy) is 2. The molecule has 5 nitrogen and oxygen atoms in total. The summed E-state index contributed by atoms with van der Waals surface area (Å²) in [6.45, 7) is 0. The molecule has 0 atom stereocenters.